The second kappa shape index (κ2) is 20.8. The standard InChI is InChI=1S/C44H53NO9/c1-44(2,3)54-43(48)45-36(42(46)47)25-16-26-37-39(50-28-33-19-10-5-11-20-33)41(52-30-35-23-14-7-15-24-35)40(51-29-34-21-12-6-13-22-34)38(53-37)31-49-27-32-17-8-4-9-18-32/h4-15,17-24,36-41H,16,25-31H2,1-3H3,(H,45,48)(H,46,47)/t36-,37+,38+,39+,40+,41+/m0/s1. The summed E-state index contributed by atoms with van der Waals surface area (Å²) >= 11 is 0. The Kier molecular flexibility index (Phi) is 15.6. The van der Waals surface area contributed by atoms with Gasteiger partial charge in [0.05, 0.1) is 39.1 Å². The zero-order chi connectivity index (χ0) is 38.2. The Hall–Kier alpha value is -4.58. The summed E-state index contributed by atoms with van der Waals surface area (Å²) in [4.78, 5) is 24.7. The highest BCUT2D eigenvalue weighted by Gasteiger charge is 2.48. The molecule has 0 bridgehead atoms. The molecule has 1 amide bonds. The Labute approximate surface area is 318 Å². The summed E-state index contributed by atoms with van der Waals surface area (Å²) in [6.07, 6.45) is -2.63. The molecule has 0 spiro atoms. The van der Waals surface area contributed by atoms with Crippen LogP contribution in [0.5, 0.6) is 0 Å². The normalized spacial score (nSPS) is 20.5. The van der Waals surface area contributed by atoms with Crippen molar-refractivity contribution in [2.24, 2.45) is 0 Å². The number of carbonyl (C=O) groups is 2. The molecular weight excluding hydrogens is 686 g/mol. The summed E-state index contributed by atoms with van der Waals surface area (Å²) in [5.41, 5.74) is 3.26. The number of benzene rings is 4. The van der Waals surface area contributed by atoms with Gasteiger partial charge in [-0.1, -0.05) is 121 Å². The van der Waals surface area contributed by atoms with E-state index in [4.69, 9.17) is 28.4 Å². The second-order valence-electron chi connectivity index (χ2n) is 14.5. The summed E-state index contributed by atoms with van der Waals surface area (Å²) in [5.74, 6) is -1.15. The zero-order valence-corrected chi connectivity index (χ0v) is 31.4. The minimum Gasteiger partial charge on any atom is -0.480 e. The van der Waals surface area contributed by atoms with Crippen LogP contribution in [0.2, 0.25) is 0 Å². The van der Waals surface area contributed by atoms with Crippen LogP contribution >= 0.6 is 0 Å². The van der Waals surface area contributed by atoms with E-state index in [0.29, 0.717) is 39.3 Å². The molecule has 10 nitrogen and oxygen atoms in total. The number of nitrogens with one attached hydrogen (secondary N) is 1. The number of alkyl carbamates (subject to hydrolysis) is 1. The van der Waals surface area contributed by atoms with Gasteiger partial charge in [-0.15, -0.1) is 0 Å². The first-order chi connectivity index (χ1) is 26.1. The fourth-order valence-corrected chi connectivity index (χ4v) is 6.35. The number of rotatable bonds is 19. The molecule has 1 aliphatic rings. The molecule has 1 saturated heterocycles. The molecule has 1 heterocycles. The molecule has 0 unspecified atom stereocenters. The van der Waals surface area contributed by atoms with E-state index in [1.165, 1.54) is 0 Å². The van der Waals surface area contributed by atoms with Crippen LogP contribution in [-0.4, -0.2) is 65.9 Å². The minimum atomic E-state index is -1.15. The van der Waals surface area contributed by atoms with Crippen molar-refractivity contribution in [3.63, 3.8) is 0 Å². The van der Waals surface area contributed by atoms with Crippen LogP contribution in [0.15, 0.2) is 121 Å². The lowest BCUT2D eigenvalue weighted by molar-refractivity contribution is -0.273. The maximum Gasteiger partial charge on any atom is 0.408 e. The molecule has 0 aromatic heterocycles. The summed E-state index contributed by atoms with van der Waals surface area (Å²) in [7, 11) is 0. The van der Waals surface area contributed by atoms with Crippen molar-refractivity contribution in [2.75, 3.05) is 6.61 Å². The number of hydrogen-bond acceptors (Lipinski definition) is 8. The minimum absolute atomic E-state index is 0.151. The van der Waals surface area contributed by atoms with Crippen molar-refractivity contribution in [3.8, 4) is 0 Å². The number of carboxylic acid groups (broad SMARTS) is 1. The molecule has 0 saturated carbocycles. The van der Waals surface area contributed by atoms with E-state index in [9.17, 15) is 14.7 Å². The third-order valence-electron chi connectivity index (χ3n) is 8.95. The Morgan fingerprint density at radius 3 is 1.52 bits per heavy atom. The quantitative estimate of drug-likeness (QED) is 0.0990. The van der Waals surface area contributed by atoms with Crippen LogP contribution < -0.4 is 5.32 Å². The molecule has 6 atom stereocenters. The van der Waals surface area contributed by atoms with Crippen LogP contribution in [0.25, 0.3) is 0 Å². The van der Waals surface area contributed by atoms with Gasteiger partial charge in [0.2, 0.25) is 0 Å². The van der Waals surface area contributed by atoms with E-state index in [0.717, 1.165) is 22.3 Å². The van der Waals surface area contributed by atoms with E-state index in [1.807, 2.05) is 121 Å². The topological polar surface area (TPSA) is 122 Å². The number of amides is 1. The van der Waals surface area contributed by atoms with Crippen LogP contribution in [0, 0.1) is 0 Å². The van der Waals surface area contributed by atoms with Crippen LogP contribution in [0.4, 0.5) is 4.79 Å². The number of carboxylic acids is 1. The summed E-state index contributed by atoms with van der Waals surface area (Å²) in [6.45, 7) is 6.72. The first kappa shape index (κ1) is 40.6. The third kappa shape index (κ3) is 13.4. The highest BCUT2D eigenvalue weighted by Crippen LogP contribution is 2.33. The van der Waals surface area contributed by atoms with E-state index < -0.39 is 54.2 Å². The lowest BCUT2D eigenvalue weighted by Gasteiger charge is -2.46. The largest absolute Gasteiger partial charge is 0.480 e. The average molecular weight is 740 g/mol. The van der Waals surface area contributed by atoms with Gasteiger partial charge in [0, 0.05) is 0 Å². The molecule has 1 aliphatic heterocycles. The molecule has 0 radical (unpaired) electrons. The molecule has 4 aromatic rings. The zero-order valence-electron chi connectivity index (χ0n) is 31.4. The fraction of sp³-hybridized carbons (Fsp3) is 0.409. The van der Waals surface area contributed by atoms with Gasteiger partial charge in [-0.2, -0.15) is 0 Å². The van der Waals surface area contributed by atoms with Gasteiger partial charge < -0.3 is 38.8 Å². The lowest BCUT2D eigenvalue weighted by Crippen LogP contribution is -2.61. The van der Waals surface area contributed by atoms with Gasteiger partial charge in [-0.3, -0.25) is 0 Å². The van der Waals surface area contributed by atoms with Crippen molar-refractivity contribution in [1.29, 1.82) is 0 Å². The molecule has 4 aromatic carbocycles. The third-order valence-corrected chi connectivity index (χ3v) is 8.95. The van der Waals surface area contributed by atoms with Gasteiger partial charge in [0.15, 0.2) is 0 Å². The van der Waals surface area contributed by atoms with E-state index in [1.54, 1.807) is 20.8 Å². The maximum atomic E-state index is 12.5. The van der Waals surface area contributed by atoms with Crippen molar-refractivity contribution < 1.29 is 43.1 Å². The molecule has 0 aliphatic carbocycles. The first-order valence-corrected chi connectivity index (χ1v) is 18.6. The number of ether oxygens (including phenoxy) is 6. The summed E-state index contributed by atoms with van der Waals surface area (Å²) in [6, 6.07) is 38.6. The van der Waals surface area contributed by atoms with Gasteiger partial charge in [-0.25, -0.2) is 9.59 Å². The van der Waals surface area contributed by atoms with Gasteiger partial charge in [-0.05, 0) is 62.3 Å². The Morgan fingerprint density at radius 2 is 1.07 bits per heavy atom. The smallest absolute Gasteiger partial charge is 0.408 e. The van der Waals surface area contributed by atoms with Crippen LogP contribution in [0.3, 0.4) is 0 Å². The van der Waals surface area contributed by atoms with E-state index in [2.05, 4.69) is 5.32 Å². The van der Waals surface area contributed by atoms with Crippen molar-refractivity contribution in [1.82, 2.24) is 5.32 Å². The van der Waals surface area contributed by atoms with E-state index >= 15 is 0 Å². The van der Waals surface area contributed by atoms with Crippen LogP contribution in [0.1, 0.15) is 62.3 Å². The van der Waals surface area contributed by atoms with Crippen molar-refractivity contribution in [3.05, 3.63) is 144 Å². The molecule has 2 N–H and O–H groups in total. The van der Waals surface area contributed by atoms with Crippen molar-refractivity contribution >= 4 is 12.1 Å². The predicted octanol–water partition coefficient (Wildman–Crippen LogP) is 7.88. The fourth-order valence-electron chi connectivity index (χ4n) is 6.35. The first-order valence-electron chi connectivity index (χ1n) is 18.6. The highest BCUT2D eigenvalue weighted by atomic mass is 16.6. The highest BCUT2D eigenvalue weighted by molar-refractivity contribution is 5.79. The number of aliphatic carboxylic acids is 1. The van der Waals surface area contributed by atoms with Gasteiger partial charge in [0.1, 0.15) is 36.1 Å². The van der Waals surface area contributed by atoms with Gasteiger partial charge in [0.25, 0.3) is 0 Å². The summed E-state index contributed by atoms with van der Waals surface area (Å²) in [5, 5.41) is 12.5. The number of hydrogen-bond donors (Lipinski definition) is 2. The predicted molar refractivity (Wildman–Crippen MR) is 204 cm³/mol. The Morgan fingerprint density at radius 1 is 0.648 bits per heavy atom. The molecule has 54 heavy (non-hydrogen) atoms. The van der Waals surface area contributed by atoms with Crippen LogP contribution in [-0.2, 0) is 59.6 Å². The van der Waals surface area contributed by atoms with E-state index in [-0.39, 0.29) is 13.0 Å². The molecular formula is C44H53NO9. The number of carbonyl (C=O) groups excluding carboxylic acids is 1. The average Bonchev–Trinajstić information content (AvgIpc) is 3.16. The molecule has 10 heteroatoms. The van der Waals surface area contributed by atoms with Gasteiger partial charge >= 0.3 is 12.1 Å². The summed E-state index contributed by atoms with van der Waals surface area (Å²) < 4.78 is 38.8. The molecule has 1 fully saturated rings. The Balaban J connectivity index is 1.42. The SMILES string of the molecule is CC(C)(C)OC(=O)N[C@@H](CCC[C@H]1O[C@H](COCc2ccccc2)[C@@H](OCc2ccccc2)[C@H](OCc2ccccc2)[C@@H]1OCc1ccccc1)C(=O)O. The monoisotopic (exact) mass is 739 g/mol. The van der Waals surface area contributed by atoms with Crippen molar-refractivity contribution in [2.45, 2.75) is 109 Å². The molecule has 5 rings (SSSR count). The Bertz CT molecular complexity index is 1670. The lowest BCUT2D eigenvalue weighted by atomic mass is 9.91. The molecule has 288 valence electrons. The second-order valence-corrected chi connectivity index (χ2v) is 14.5. The maximum absolute atomic E-state index is 12.5.